The predicted molar refractivity (Wildman–Crippen MR) is 83.1 cm³/mol. The summed E-state index contributed by atoms with van der Waals surface area (Å²) >= 11 is 5.92. The summed E-state index contributed by atoms with van der Waals surface area (Å²) in [5.41, 5.74) is 1.73. The molecule has 0 saturated heterocycles. The largest absolute Gasteiger partial charge is 0.493 e. The third-order valence-electron chi connectivity index (χ3n) is 3.31. The zero-order valence-electron chi connectivity index (χ0n) is 11.8. The molecule has 2 rings (SSSR count). The molecule has 0 fully saturated rings. The molecule has 2 aromatic rings. The first-order valence-corrected chi connectivity index (χ1v) is 7.12. The highest BCUT2D eigenvalue weighted by Gasteiger charge is 2.20. The molecule has 110 valence electrons. The molecule has 0 aliphatic heterocycles. The lowest BCUT2D eigenvalue weighted by molar-refractivity contribution is -0.139. The summed E-state index contributed by atoms with van der Waals surface area (Å²) in [6, 6.07) is 14.6. The van der Waals surface area contributed by atoms with Gasteiger partial charge in [0.2, 0.25) is 0 Å². The average Bonchev–Trinajstić information content (AvgIpc) is 2.45. The van der Waals surface area contributed by atoms with E-state index in [9.17, 15) is 9.90 Å². The van der Waals surface area contributed by atoms with Gasteiger partial charge in [0.1, 0.15) is 5.75 Å². The van der Waals surface area contributed by atoms with Gasteiger partial charge >= 0.3 is 5.97 Å². The highest BCUT2D eigenvalue weighted by Crippen LogP contribution is 2.24. The van der Waals surface area contributed by atoms with Gasteiger partial charge in [-0.2, -0.15) is 0 Å². The van der Waals surface area contributed by atoms with Crippen LogP contribution in [0.3, 0.4) is 0 Å². The van der Waals surface area contributed by atoms with Crippen LogP contribution >= 0.6 is 11.6 Å². The van der Waals surface area contributed by atoms with Crippen LogP contribution in [0.5, 0.6) is 5.75 Å². The van der Waals surface area contributed by atoms with Crippen molar-refractivity contribution in [1.82, 2.24) is 0 Å². The van der Waals surface area contributed by atoms with E-state index in [0.29, 0.717) is 23.6 Å². The molecule has 4 heteroatoms. The summed E-state index contributed by atoms with van der Waals surface area (Å²) in [7, 11) is 0. The molecule has 0 aliphatic carbocycles. The minimum atomic E-state index is -0.870. The number of ether oxygens (including phenoxy) is 1. The van der Waals surface area contributed by atoms with Crippen LogP contribution in [0.15, 0.2) is 48.5 Å². The van der Waals surface area contributed by atoms with E-state index >= 15 is 0 Å². The van der Waals surface area contributed by atoms with E-state index in [1.807, 2.05) is 31.2 Å². The summed E-state index contributed by atoms with van der Waals surface area (Å²) in [6.07, 6.45) is 0.393. The molecular weight excluding hydrogens is 288 g/mol. The van der Waals surface area contributed by atoms with Crippen molar-refractivity contribution in [3.63, 3.8) is 0 Å². The van der Waals surface area contributed by atoms with Crippen LogP contribution in [-0.2, 0) is 4.79 Å². The summed E-state index contributed by atoms with van der Waals surface area (Å²) in [5, 5.41) is 9.91. The van der Waals surface area contributed by atoms with Crippen LogP contribution in [0.2, 0.25) is 5.02 Å². The van der Waals surface area contributed by atoms with E-state index in [2.05, 4.69) is 0 Å². The Kier molecular flexibility index (Phi) is 5.23. The summed E-state index contributed by atoms with van der Waals surface area (Å²) in [6.45, 7) is 2.30. The van der Waals surface area contributed by atoms with E-state index in [4.69, 9.17) is 16.3 Å². The second-order valence-electron chi connectivity index (χ2n) is 4.85. The van der Waals surface area contributed by atoms with Crippen LogP contribution in [0, 0.1) is 6.92 Å². The van der Waals surface area contributed by atoms with E-state index in [0.717, 1.165) is 11.3 Å². The molecule has 0 radical (unpaired) electrons. The molecule has 0 bridgehead atoms. The second-order valence-corrected chi connectivity index (χ2v) is 5.28. The van der Waals surface area contributed by atoms with E-state index in [1.54, 1.807) is 24.3 Å². The standard InChI is InChI=1S/C17H17ClO3/c1-12-5-2-3-8-16(12)21-10-9-15(17(19)20)13-6-4-7-14(18)11-13/h2-8,11,15H,9-10H2,1H3,(H,19,20). The Morgan fingerprint density at radius 3 is 2.67 bits per heavy atom. The van der Waals surface area contributed by atoms with E-state index < -0.39 is 11.9 Å². The minimum absolute atomic E-state index is 0.342. The molecule has 3 nitrogen and oxygen atoms in total. The zero-order chi connectivity index (χ0) is 15.2. The number of benzene rings is 2. The van der Waals surface area contributed by atoms with Crippen molar-refractivity contribution in [1.29, 1.82) is 0 Å². The molecule has 1 unspecified atom stereocenters. The SMILES string of the molecule is Cc1ccccc1OCCC(C(=O)O)c1cccc(Cl)c1. The fourth-order valence-corrected chi connectivity index (χ4v) is 2.36. The van der Waals surface area contributed by atoms with Gasteiger partial charge in [-0.1, -0.05) is 41.9 Å². The number of halogens is 1. The lowest BCUT2D eigenvalue weighted by Gasteiger charge is -2.14. The van der Waals surface area contributed by atoms with Crippen molar-refractivity contribution < 1.29 is 14.6 Å². The van der Waals surface area contributed by atoms with Gasteiger partial charge in [-0.3, -0.25) is 4.79 Å². The molecule has 0 saturated carbocycles. The van der Waals surface area contributed by atoms with Crippen molar-refractivity contribution in [2.45, 2.75) is 19.3 Å². The molecule has 0 amide bonds. The van der Waals surface area contributed by atoms with Crippen LogP contribution in [0.25, 0.3) is 0 Å². The number of para-hydroxylation sites is 1. The molecule has 0 aromatic heterocycles. The minimum Gasteiger partial charge on any atom is -0.493 e. The topological polar surface area (TPSA) is 46.5 Å². The van der Waals surface area contributed by atoms with Crippen LogP contribution in [-0.4, -0.2) is 17.7 Å². The summed E-state index contributed by atoms with van der Waals surface area (Å²) in [4.78, 5) is 11.4. The zero-order valence-corrected chi connectivity index (χ0v) is 12.5. The maximum Gasteiger partial charge on any atom is 0.311 e. The fraction of sp³-hybridized carbons (Fsp3) is 0.235. The van der Waals surface area contributed by atoms with Gasteiger partial charge in [0.25, 0.3) is 0 Å². The van der Waals surface area contributed by atoms with Gasteiger partial charge < -0.3 is 9.84 Å². The van der Waals surface area contributed by atoms with Gasteiger partial charge in [0.15, 0.2) is 0 Å². The predicted octanol–water partition coefficient (Wildman–Crippen LogP) is 4.29. The first kappa shape index (κ1) is 15.4. The molecule has 2 aromatic carbocycles. The smallest absolute Gasteiger partial charge is 0.311 e. The van der Waals surface area contributed by atoms with Crippen molar-refractivity contribution in [2.75, 3.05) is 6.61 Å². The molecule has 0 heterocycles. The van der Waals surface area contributed by atoms with E-state index in [-0.39, 0.29) is 0 Å². The number of hydrogen-bond donors (Lipinski definition) is 1. The maximum atomic E-state index is 11.4. The van der Waals surface area contributed by atoms with Gasteiger partial charge in [0, 0.05) is 5.02 Å². The Hall–Kier alpha value is -2.00. The Morgan fingerprint density at radius 2 is 2.00 bits per heavy atom. The van der Waals surface area contributed by atoms with Gasteiger partial charge in [0.05, 0.1) is 12.5 Å². The Balaban J connectivity index is 2.01. The van der Waals surface area contributed by atoms with Crippen molar-refractivity contribution in [3.8, 4) is 5.75 Å². The van der Waals surface area contributed by atoms with Crippen molar-refractivity contribution >= 4 is 17.6 Å². The monoisotopic (exact) mass is 304 g/mol. The Labute approximate surface area is 129 Å². The lowest BCUT2D eigenvalue weighted by atomic mass is 9.96. The van der Waals surface area contributed by atoms with Crippen LogP contribution in [0.4, 0.5) is 0 Å². The van der Waals surface area contributed by atoms with Crippen molar-refractivity contribution in [3.05, 3.63) is 64.7 Å². The summed E-state index contributed by atoms with van der Waals surface area (Å²) < 4.78 is 5.67. The first-order chi connectivity index (χ1) is 10.1. The molecule has 21 heavy (non-hydrogen) atoms. The lowest BCUT2D eigenvalue weighted by Crippen LogP contribution is -2.15. The highest BCUT2D eigenvalue weighted by atomic mass is 35.5. The Bertz CT molecular complexity index is 625. The third-order valence-corrected chi connectivity index (χ3v) is 3.54. The molecule has 0 spiro atoms. The third kappa shape index (κ3) is 4.23. The summed E-state index contributed by atoms with van der Waals surface area (Å²) in [5.74, 6) is -0.703. The highest BCUT2D eigenvalue weighted by molar-refractivity contribution is 6.30. The van der Waals surface area contributed by atoms with E-state index in [1.165, 1.54) is 0 Å². The normalized spacial score (nSPS) is 11.9. The van der Waals surface area contributed by atoms with Gasteiger partial charge in [-0.05, 0) is 42.7 Å². The number of hydrogen-bond acceptors (Lipinski definition) is 2. The van der Waals surface area contributed by atoms with Gasteiger partial charge in [-0.15, -0.1) is 0 Å². The number of aliphatic carboxylic acids is 1. The van der Waals surface area contributed by atoms with Gasteiger partial charge in [-0.25, -0.2) is 0 Å². The fourth-order valence-electron chi connectivity index (χ4n) is 2.16. The molecule has 0 aliphatic rings. The van der Waals surface area contributed by atoms with Crippen LogP contribution < -0.4 is 4.74 Å². The maximum absolute atomic E-state index is 11.4. The molecular formula is C17H17ClO3. The number of carbonyl (C=O) groups is 1. The Morgan fingerprint density at radius 1 is 1.24 bits per heavy atom. The average molecular weight is 305 g/mol. The quantitative estimate of drug-likeness (QED) is 0.866. The first-order valence-electron chi connectivity index (χ1n) is 6.74. The van der Waals surface area contributed by atoms with Crippen LogP contribution in [0.1, 0.15) is 23.5 Å². The molecule has 1 atom stereocenters. The number of carboxylic acid groups (broad SMARTS) is 1. The number of rotatable bonds is 6. The van der Waals surface area contributed by atoms with Crippen molar-refractivity contribution in [2.24, 2.45) is 0 Å². The number of carboxylic acids is 1. The number of aryl methyl sites for hydroxylation is 1. The second kappa shape index (κ2) is 7.14. The molecule has 1 N–H and O–H groups in total.